The first kappa shape index (κ1) is 18.7. The van der Waals surface area contributed by atoms with Crippen LogP contribution in [-0.2, 0) is 4.79 Å². The van der Waals surface area contributed by atoms with Crippen molar-refractivity contribution in [3.63, 3.8) is 0 Å². The molecule has 1 aliphatic heterocycles. The van der Waals surface area contributed by atoms with Crippen LogP contribution in [0.2, 0.25) is 0 Å². The maximum absolute atomic E-state index is 12.9. The van der Waals surface area contributed by atoms with E-state index < -0.39 is 24.4 Å². The summed E-state index contributed by atoms with van der Waals surface area (Å²) in [5, 5.41) is 13.0. The number of carbonyl (C=O) groups excluding carboxylic acids is 1. The molecule has 7 heteroatoms. The van der Waals surface area contributed by atoms with Gasteiger partial charge in [-0.15, -0.1) is 0 Å². The van der Waals surface area contributed by atoms with E-state index in [-0.39, 0.29) is 18.4 Å². The van der Waals surface area contributed by atoms with E-state index in [0.717, 1.165) is 0 Å². The van der Waals surface area contributed by atoms with Crippen LogP contribution in [0.5, 0.6) is 0 Å². The first-order valence-corrected chi connectivity index (χ1v) is 8.11. The minimum atomic E-state index is -2.36. The van der Waals surface area contributed by atoms with E-state index in [1.54, 1.807) is 11.8 Å². The Morgan fingerprint density at radius 2 is 1.88 bits per heavy atom. The van der Waals surface area contributed by atoms with E-state index >= 15 is 0 Å². The number of rotatable bonds is 6. The van der Waals surface area contributed by atoms with Gasteiger partial charge in [-0.2, -0.15) is 0 Å². The first-order valence-electron chi connectivity index (χ1n) is 8.11. The van der Waals surface area contributed by atoms with E-state index in [1.165, 1.54) is 24.3 Å². The van der Waals surface area contributed by atoms with Crippen molar-refractivity contribution in [3.8, 4) is 0 Å². The highest BCUT2D eigenvalue weighted by atomic mass is 19.3. The van der Waals surface area contributed by atoms with Gasteiger partial charge in [0.1, 0.15) is 5.82 Å². The quantitative estimate of drug-likeness (QED) is 0.833. The Morgan fingerprint density at radius 1 is 1.29 bits per heavy atom. The van der Waals surface area contributed by atoms with Crippen molar-refractivity contribution >= 4 is 5.91 Å². The molecule has 0 radical (unpaired) electrons. The number of hydrogen-bond acceptors (Lipinski definition) is 3. The van der Waals surface area contributed by atoms with Crippen molar-refractivity contribution < 1.29 is 23.1 Å². The molecule has 2 atom stereocenters. The highest BCUT2D eigenvalue weighted by Crippen LogP contribution is 2.21. The molecule has 4 nitrogen and oxygen atoms in total. The summed E-state index contributed by atoms with van der Waals surface area (Å²) in [6.07, 6.45) is -2.25. The molecule has 1 aromatic rings. The van der Waals surface area contributed by atoms with Crippen LogP contribution in [0.25, 0.3) is 0 Å². The predicted octanol–water partition coefficient (Wildman–Crippen LogP) is 2.34. The minimum absolute atomic E-state index is 0.180. The van der Waals surface area contributed by atoms with Crippen LogP contribution in [-0.4, -0.2) is 48.0 Å². The number of likely N-dealkylation sites (tertiary alicyclic amines) is 1. The van der Waals surface area contributed by atoms with Gasteiger partial charge in [-0.3, -0.25) is 9.69 Å². The first-order chi connectivity index (χ1) is 11.4. The number of nitrogens with one attached hydrogen (secondary N) is 1. The number of piperidine rings is 1. The summed E-state index contributed by atoms with van der Waals surface area (Å²) in [4.78, 5) is 13.9. The third-order valence-corrected chi connectivity index (χ3v) is 4.41. The number of aliphatic hydroxyl groups excluding tert-OH is 1. The van der Waals surface area contributed by atoms with E-state index in [4.69, 9.17) is 0 Å². The molecular weight excluding hydrogens is 321 g/mol. The molecule has 1 heterocycles. The number of amides is 1. The second kappa shape index (κ2) is 8.48. The molecule has 0 aromatic heterocycles. The molecule has 1 fully saturated rings. The topological polar surface area (TPSA) is 52.6 Å². The molecule has 0 aliphatic carbocycles. The van der Waals surface area contributed by atoms with Gasteiger partial charge < -0.3 is 10.4 Å². The molecule has 0 unspecified atom stereocenters. The van der Waals surface area contributed by atoms with Gasteiger partial charge in [0, 0.05) is 5.92 Å². The fourth-order valence-electron chi connectivity index (χ4n) is 2.94. The molecule has 0 spiro atoms. The predicted molar refractivity (Wildman–Crippen MR) is 84.1 cm³/mol. The van der Waals surface area contributed by atoms with Crippen molar-refractivity contribution in [3.05, 3.63) is 35.6 Å². The SMILES string of the molecule is C[C@H](NC(=O)C1CCN(CC(F)F)CC1)[C@H](O)c1ccc(F)cc1. The van der Waals surface area contributed by atoms with Crippen LogP contribution in [0.15, 0.2) is 24.3 Å². The molecule has 2 N–H and O–H groups in total. The number of benzene rings is 1. The van der Waals surface area contributed by atoms with Crippen LogP contribution in [0.4, 0.5) is 13.2 Å². The van der Waals surface area contributed by atoms with Crippen molar-refractivity contribution in [1.29, 1.82) is 0 Å². The number of carbonyl (C=O) groups is 1. The fourth-order valence-corrected chi connectivity index (χ4v) is 2.94. The van der Waals surface area contributed by atoms with Crippen molar-refractivity contribution in [2.45, 2.75) is 38.3 Å². The molecule has 1 saturated heterocycles. The molecule has 1 amide bonds. The standard InChI is InChI=1S/C17H23F3N2O2/c1-11(16(23)12-2-4-14(18)5-3-12)21-17(24)13-6-8-22(9-7-13)10-15(19)20/h2-5,11,13,15-16,23H,6-10H2,1H3,(H,21,24)/t11-,16-/m0/s1. The monoisotopic (exact) mass is 344 g/mol. The molecule has 2 rings (SSSR count). The van der Waals surface area contributed by atoms with Gasteiger partial charge in [-0.1, -0.05) is 12.1 Å². The molecule has 1 aliphatic rings. The van der Waals surface area contributed by atoms with Gasteiger partial charge in [0.25, 0.3) is 6.43 Å². The highest BCUT2D eigenvalue weighted by Gasteiger charge is 2.28. The van der Waals surface area contributed by atoms with Crippen LogP contribution >= 0.6 is 0 Å². The Hall–Kier alpha value is -1.60. The third kappa shape index (κ3) is 5.21. The van der Waals surface area contributed by atoms with Crippen LogP contribution in [0, 0.1) is 11.7 Å². The maximum Gasteiger partial charge on any atom is 0.251 e. The van der Waals surface area contributed by atoms with E-state index in [1.807, 2.05) is 0 Å². The van der Waals surface area contributed by atoms with E-state index in [0.29, 0.717) is 31.5 Å². The Balaban J connectivity index is 1.82. The second-order valence-electron chi connectivity index (χ2n) is 6.26. The smallest absolute Gasteiger partial charge is 0.251 e. The lowest BCUT2D eigenvalue weighted by atomic mass is 9.95. The molecular formula is C17H23F3N2O2. The maximum atomic E-state index is 12.9. The number of halogens is 3. The Labute approximate surface area is 139 Å². The van der Waals surface area contributed by atoms with Gasteiger partial charge in [-0.05, 0) is 50.6 Å². The summed E-state index contributed by atoms with van der Waals surface area (Å²) in [7, 11) is 0. The molecule has 0 bridgehead atoms. The molecule has 24 heavy (non-hydrogen) atoms. The average molecular weight is 344 g/mol. The third-order valence-electron chi connectivity index (χ3n) is 4.41. The average Bonchev–Trinajstić information content (AvgIpc) is 2.55. The van der Waals surface area contributed by atoms with Crippen molar-refractivity contribution in [2.75, 3.05) is 19.6 Å². The van der Waals surface area contributed by atoms with E-state index in [9.17, 15) is 23.1 Å². The summed E-state index contributed by atoms with van der Waals surface area (Å²) >= 11 is 0. The second-order valence-corrected chi connectivity index (χ2v) is 6.26. The van der Waals surface area contributed by atoms with Crippen LogP contribution in [0.3, 0.4) is 0 Å². The molecule has 0 saturated carbocycles. The number of nitrogens with zero attached hydrogens (tertiary/aromatic N) is 1. The van der Waals surface area contributed by atoms with Crippen LogP contribution in [0.1, 0.15) is 31.4 Å². The highest BCUT2D eigenvalue weighted by molar-refractivity contribution is 5.79. The normalized spacial score (nSPS) is 19.2. The Bertz CT molecular complexity index is 531. The van der Waals surface area contributed by atoms with Gasteiger partial charge in [0.15, 0.2) is 0 Å². The molecule has 134 valence electrons. The van der Waals surface area contributed by atoms with Crippen LogP contribution < -0.4 is 5.32 Å². The summed E-state index contributed by atoms with van der Waals surface area (Å²) in [6.45, 7) is 2.36. The lowest BCUT2D eigenvalue weighted by Gasteiger charge is -2.32. The van der Waals surface area contributed by atoms with E-state index in [2.05, 4.69) is 5.32 Å². The fraction of sp³-hybridized carbons (Fsp3) is 0.588. The Kier molecular flexibility index (Phi) is 6.62. The van der Waals surface area contributed by atoms with Crippen molar-refractivity contribution in [2.24, 2.45) is 5.92 Å². The molecule has 1 aromatic carbocycles. The summed E-state index contributed by atoms with van der Waals surface area (Å²) in [5.74, 6) is -0.805. The number of aliphatic hydroxyl groups is 1. The van der Waals surface area contributed by atoms with Gasteiger partial charge in [0.2, 0.25) is 5.91 Å². The summed E-state index contributed by atoms with van der Waals surface area (Å²) < 4.78 is 37.6. The zero-order chi connectivity index (χ0) is 17.7. The van der Waals surface area contributed by atoms with Gasteiger partial charge >= 0.3 is 0 Å². The number of hydrogen-bond donors (Lipinski definition) is 2. The lowest BCUT2D eigenvalue weighted by Crippen LogP contribution is -2.45. The summed E-state index contributed by atoms with van der Waals surface area (Å²) in [5.41, 5.74) is 0.524. The number of alkyl halides is 2. The zero-order valence-electron chi connectivity index (χ0n) is 13.6. The van der Waals surface area contributed by atoms with Gasteiger partial charge in [0.05, 0.1) is 18.7 Å². The van der Waals surface area contributed by atoms with Crippen molar-refractivity contribution in [1.82, 2.24) is 10.2 Å². The summed E-state index contributed by atoms with van der Waals surface area (Å²) in [6, 6.07) is 4.94. The lowest BCUT2D eigenvalue weighted by molar-refractivity contribution is -0.128. The minimum Gasteiger partial charge on any atom is -0.386 e. The largest absolute Gasteiger partial charge is 0.386 e. The Morgan fingerprint density at radius 3 is 2.42 bits per heavy atom. The zero-order valence-corrected chi connectivity index (χ0v) is 13.6. The van der Waals surface area contributed by atoms with Gasteiger partial charge in [-0.25, -0.2) is 13.2 Å².